The minimum Gasteiger partial charge on any atom is -0.493 e. The van der Waals surface area contributed by atoms with E-state index in [2.05, 4.69) is 16.4 Å². The van der Waals surface area contributed by atoms with Crippen LogP contribution >= 0.6 is 23.1 Å². The molecule has 2 rings (SSSR count). The van der Waals surface area contributed by atoms with Crippen LogP contribution in [0.25, 0.3) is 0 Å². The van der Waals surface area contributed by atoms with E-state index in [1.807, 2.05) is 31.2 Å². The SMILES string of the molecule is Cc1csc(SCCOc2ccc(CC#N)cc2)n1. The Hall–Kier alpha value is -1.51. The summed E-state index contributed by atoms with van der Waals surface area (Å²) in [6.07, 6.45) is 0.444. The predicted octanol–water partition coefficient (Wildman–Crippen LogP) is 3.69. The van der Waals surface area contributed by atoms with Crippen molar-refractivity contribution in [3.8, 4) is 11.8 Å². The normalized spacial score (nSPS) is 10.1. The summed E-state index contributed by atoms with van der Waals surface area (Å²) in [5, 5.41) is 10.6. The van der Waals surface area contributed by atoms with Crippen LogP contribution in [0.2, 0.25) is 0 Å². The fourth-order valence-corrected chi connectivity index (χ4v) is 3.22. The number of nitriles is 1. The summed E-state index contributed by atoms with van der Waals surface area (Å²) in [6, 6.07) is 9.79. The zero-order valence-electron chi connectivity index (χ0n) is 10.6. The van der Waals surface area contributed by atoms with Gasteiger partial charge in [-0.05, 0) is 24.6 Å². The Bertz CT molecular complexity index is 558. The van der Waals surface area contributed by atoms with Crippen molar-refractivity contribution >= 4 is 23.1 Å². The number of aromatic nitrogens is 1. The van der Waals surface area contributed by atoms with Crippen LogP contribution in [0.5, 0.6) is 5.75 Å². The summed E-state index contributed by atoms with van der Waals surface area (Å²) in [5.74, 6) is 1.73. The summed E-state index contributed by atoms with van der Waals surface area (Å²) in [6.45, 7) is 2.65. The topological polar surface area (TPSA) is 45.9 Å². The fraction of sp³-hybridized carbons (Fsp3) is 0.286. The lowest BCUT2D eigenvalue weighted by Crippen LogP contribution is -2.00. The van der Waals surface area contributed by atoms with Gasteiger partial charge in [-0.1, -0.05) is 23.9 Å². The van der Waals surface area contributed by atoms with Crippen molar-refractivity contribution in [3.05, 3.63) is 40.9 Å². The lowest BCUT2D eigenvalue weighted by Gasteiger charge is -2.05. The lowest BCUT2D eigenvalue weighted by molar-refractivity contribution is 0.344. The molecule has 1 aromatic heterocycles. The van der Waals surface area contributed by atoms with Crippen LogP contribution in [0.15, 0.2) is 34.0 Å². The first-order valence-electron chi connectivity index (χ1n) is 5.91. The van der Waals surface area contributed by atoms with Gasteiger partial charge in [0.25, 0.3) is 0 Å². The van der Waals surface area contributed by atoms with Crippen molar-refractivity contribution in [3.63, 3.8) is 0 Å². The second-order valence-electron chi connectivity index (χ2n) is 3.93. The molecule has 98 valence electrons. The van der Waals surface area contributed by atoms with Gasteiger partial charge in [-0.2, -0.15) is 5.26 Å². The second-order valence-corrected chi connectivity index (χ2v) is 6.13. The highest BCUT2D eigenvalue weighted by atomic mass is 32.2. The summed E-state index contributed by atoms with van der Waals surface area (Å²) < 4.78 is 6.73. The summed E-state index contributed by atoms with van der Waals surface area (Å²) >= 11 is 3.38. The molecule has 0 N–H and O–H groups in total. The Morgan fingerprint density at radius 2 is 2.16 bits per heavy atom. The number of nitrogens with zero attached hydrogens (tertiary/aromatic N) is 2. The van der Waals surface area contributed by atoms with Gasteiger partial charge in [-0.15, -0.1) is 11.3 Å². The van der Waals surface area contributed by atoms with Crippen molar-refractivity contribution < 1.29 is 4.74 Å². The van der Waals surface area contributed by atoms with Gasteiger partial charge >= 0.3 is 0 Å². The van der Waals surface area contributed by atoms with Crippen LogP contribution in [-0.2, 0) is 6.42 Å². The van der Waals surface area contributed by atoms with Gasteiger partial charge in [0.15, 0.2) is 0 Å². The average Bonchev–Trinajstić information content (AvgIpc) is 2.83. The van der Waals surface area contributed by atoms with Crippen LogP contribution in [0.1, 0.15) is 11.3 Å². The van der Waals surface area contributed by atoms with Crippen molar-refractivity contribution in [2.75, 3.05) is 12.4 Å². The second kappa shape index (κ2) is 7.17. The highest BCUT2D eigenvalue weighted by Crippen LogP contribution is 2.22. The zero-order chi connectivity index (χ0) is 13.5. The van der Waals surface area contributed by atoms with Crippen LogP contribution in [0, 0.1) is 18.3 Å². The predicted molar refractivity (Wildman–Crippen MR) is 78.8 cm³/mol. The highest BCUT2D eigenvalue weighted by molar-refractivity contribution is 8.01. The first-order valence-corrected chi connectivity index (χ1v) is 7.78. The van der Waals surface area contributed by atoms with E-state index in [0.29, 0.717) is 13.0 Å². The highest BCUT2D eigenvalue weighted by Gasteiger charge is 2.00. The molecule has 3 nitrogen and oxygen atoms in total. The van der Waals surface area contributed by atoms with Crippen LogP contribution < -0.4 is 4.74 Å². The largest absolute Gasteiger partial charge is 0.493 e. The van der Waals surface area contributed by atoms with Crippen LogP contribution in [0.4, 0.5) is 0 Å². The molecule has 0 saturated heterocycles. The number of benzene rings is 1. The maximum Gasteiger partial charge on any atom is 0.150 e. The molecule has 5 heteroatoms. The lowest BCUT2D eigenvalue weighted by atomic mass is 10.2. The quantitative estimate of drug-likeness (QED) is 0.601. The molecule has 0 aliphatic rings. The molecule has 0 unspecified atom stereocenters. The summed E-state index contributed by atoms with van der Waals surface area (Å²) in [5.41, 5.74) is 2.09. The number of ether oxygens (including phenoxy) is 1. The van der Waals surface area contributed by atoms with Crippen molar-refractivity contribution in [1.29, 1.82) is 5.26 Å². The van der Waals surface area contributed by atoms with E-state index < -0.39 is 0 Å². The Balaban J connectivity index is 1.72. The van der Waals surface area contributed by atoms with E-state index in [9.17, 15) is 0 Å². The molecule has 2 aromatic rings. The molecule has 0 spiro atoms. The van der Waals surface area contributed by atoms with Gasteiger partial charge in [-0.25, -0.2) is 4.98 Å². The van der Waals surface area contributed by atoms with Gasteiger partial charge in [0, 0.05) is 16.8 Å². The molecule has 1 heterocycles. The molecular formula is C14H14N2OS2. The third kappa shape index (κ3) is 4.58. The molecule has 19 heavy (non-hydrogen) atoms. The van der Waals surface area contributed by atoms with Crippen molar-refractivity contribution in [2.45, 2.75) is 17.7 Å². The Labute approximate surface area is 121 Å². The fourth-order valence-electron chi connectivity index (χ4n) is 1.48. The van der Waals surface area contributed by atoms with Gasteiger partial charge in [0.05, 0.1) is 19.1 Å². The summed E-state index contributed by atoms with van der Waals surface area (Å²) in [7, 11) is 0. The van der Waals surface area contributed by atoms with E-state index in [4.69, 9.17) is 10.00 Å². The van der Waals surface area contributed by atoms with Crippen LogP contribution in [0.3, 0.4) is 0 Å². The Morgan fingerprint density at radius 1 is 1.37 bits per heavy atom. The van der Waals surface area contributed by atoms with E-state index in [-0.39, 0.29) is 0 Å². The van der Waals surface area contributed by atoms with Crippen molar-refractivity contribution in [1.82, 2.24) is 4.98 Å². The molecule has 0 aliphatic carbocycles. The maximum absolute atomic E-state index is 8.58. The molecule has 1 aromatic carbocycles. The van der Waals surface area contributed by atoms with Crippen LogP contribution in [-0.4, -0.2) is 17.3 Å². The number of hydrogen-bond acceptors (Lipinski definition) is 5. The number of thiazole rings is 1. The Kier molecular flexibility index (Phi) is 5.25. The first kappa shape index (κ1) is 13.9. The number of hydrogen-bond donors (Lipinski definition) is 0. The van der Waals surface area contributed by atoms with Gasteiger partial charge in [0.2, 0.25) is 0 Å². The van der Waals surface area contributed by atoms with Crippen molar-refractivity contribution in [2.24, 2.45) is 0 Å². The summed E-state index contributed by atoms with van der Waals surface area (Å²) in [4.78, 5) is 4.38. The Morgan fingerprint density at radius 3 is 2.79 bits per heavy atom. The minimum absolute atomic E-state index is 0.444. The van der Waals surface area contributed by atoms with Gasteiger partial charge in [0.1, 0.15) is 10.1 Å². The molecule has 0 bridgehead atoms. The first-order chi connectivity index (χ1) is 9.28. The molecule has 0 amide bonds. The zero-order valence-corrected chi connectivity index (χ0v) is 12.3. The standard InChI is InChI=1S/C14H14N2OS2/c1-11-10-19-14(16-11)18-9-8-17-13-4-2-12(3-5-13)6-7-15/h2-5,10H,6,8-9H2,1H3. The van der Waals surface area contributed by atoms with E-state index in [1.54, 1.807) is 23.1 Å². The molecular weight excluding hydrogens is 276 g/mol. The van der Waals surface area contributed by atoms with Gasteiger partial charge < -0.3 is 4.74 Å². The van der Waals surface area contributed by atoms with E-state index >= 15 is 0 Å². The smallest absolute Gasteiger partial charge is 0.150 e. The molecule has 0 aliphatic heterocycles. The monoisotopic (exact) mass is 290 g/mol. The number of aryl methyl sites for hydroxylation is 1. The average molecular weight is 290 g/mol. The molecule has 0 fully saturated rings. The molecule has 0 saturated carbocycles. The third-order valence-corrected chi connectivity index (χ3v) is 4.49. The van der Waals surface area contributed by atoms with E-state index in [1.165, 1.54) is 0 Å². The number of thioether (sulfide) groups is 1. The maximum atomic E-state index is 8.58. The number of rotatable bonds is 6. The molecule has 0 atom stereocenters. The minimum atomic E-state index is 0.444. The van der Waals surface area contributed by atoms with E-state index in [0.717, 1.165) is 27.1 Å². The third-order valence-electron chi connectivity index (χ3n) is 2.38. The molecule has 0 radical (unpaired) electrons. The van der Waals surface area contributed by atoms with Gasteiger partial charge in [-0.3, -0.25) is 0 Å².